The van der Waals surface area contributed by atoms with Gasteiger partial charge >= 0.3 is 0 Å². The van der Waals surface area contributed by atoms with Crippen molar-refractivity contribution in [2.24, 2.45) is 4.99 Å². The van der Waals surface area contributed by atoms with Gasteiger partial charge in [-0.05, 0) is 44.6 Å². The molecule has 3 N–H and O–H groups in total. The third-order valence-corrected chi connectivity index (χ3v) is 4.87. The van der Waals surface area contributed by atoms with Crippen molar-refractivity contribution in [3.8, 4) is 0 Å². The number of rotatable bonds is 10. The van der Waals surface area contributed by atoms with Gasteiger partial charge in [-0.1, -0.05) is 44.2 Å². The maximum Gasteiger partial charge on any atom is 0.191 e. The summed E-state index contributed by atoms with van der Waals surface area (Å²) in [5.41, 5.74) is -0.172. The molecule has 1 heterocycles. The van der Waals surface area contributed by atoms with E-state index in [4.69, 9.17) is 4.42 Å². The number of hydrogen-bond donors (Lipinski definition) is 3. The summed E-state index contributed by atoms with van der Waals surface area (Å²) in [6.45, 7) is 11.6. The fourth-order valence-corrected chi connectivity index (χ4v) is 3.21. The van der Waals surface area contributed by atoms with Crippen molar-refractivity contribution in [3.63, 3.8) is 0 Å². The van der Waals surface area contributed by atoms with Gasteiger partial charge in [-0.3, -0.25) is 4.90 Å². The van der Waals surface area contributed by atoms with Gasteiger partial charge in [-0.15, -0.1) is 24.0 Å². The van der Waals surface area contributed by atoms with Crippen LogP contribution in [-0.2, 0) is 5.60 Å². The van der Waals surface area contributed by atoms with Crippen molar-refractivity contribution in [1.29, 1.82) is 0 Å². The number of guanidine groups is 1. The first-order valence-corrected chi connectivity index (χ1v) is 10.1. The Hall–Kier alpha value is -1.58. The molecule has 0 saturated carbocycles. The quantitative estimate of drug-likeness (QED) is 0.256. The van der Waals surface area contributed by atoms with Crippen molar-refractivity contribution in [3.05, 3.63) is 60.1 Å². The minimum atomic E-state index is -1.02. The zero-order valence-corrected chi connectivity index (χ0v) is 20.2. The second-order valence-electron chi connectivity index (χ2n) is 6.97. The van der Waals surface area contributed by atoms with E-state index in [1.165, 1.54) is 0 Å². The number of aliphatic imine (C=N–C) groups is 1. The van der Waals surface area contributed by atoms with Crippen LogP contribution < -0.4 is 10.6 Å². The number of likely N-dealkylation sites (N-methyl/N-ethyl adjacent to an activating group) is 1. The minimum Gasteiger partial charge on any atom is -0.468 e. The van der Waals surface area contributed by atoms with Crippen LogP contribution in [0.1, 0.15) is 45.1 Å². The Balaban J connectivity index is 0.00000420. The first kappa shape index (κ1) is 25.5. The van der Waals surface area contributed by atoms with E-state index in [2.05, 4.69) is 34.4 Å². The van der Waals surface area contributed by atoms with E-state index in [-0.39, 0.29) is 36.6 Å². The van der Waals surface area contributed by atoms with Gasteiger partial charge in [0.05, 0.1) is 18.8 Å². The largest absolute Gasteiger partial charge is 0.468 e. The number of furan rings is 1. The van der Waals surface area contributed by atoms with Crippen LogP contribution in [0.15, 0.2) is 58.1 Å². The summed E-state index contributed by atoms with van der Waals surface area (Å²) in [6.07, 6.45) is 1.71. The molecule has 0 aliphatic carbocycles. The van der Waals surface area contributed by atoms with Gasteiger partial charge in [0.2, 0.25) is 0 Å². The Labute approximate surface area is 191 Å². The Morgan fingerprint density at radius 1 is 1.10 bits per heavy atom. The molecule has 0 bridgehead atoms. The lowest BCUT2D eigenvalue weighted by Crippen LogP contribution is -2.43. The van der Waals surface area contributed by atoms with Gasteiger partial charge in [0.15, 0.2) is 5.96 Å². The second kappa shape index (κ2) is 12.9. The van der Waals surface area contributed by atoms with Gasteiger partial charge in [0.1, 0.15) is 11.4 Å². The number of aliphatic hydroxyl groups is 1. The summed E-state index contributed by atoms with van der Waals surface area (Å²) < 4.78 is 5.66. The molecular weight excluding hydrogens is 479 g/mol. The fourth-order valence-electron chi connectivity index (χ4n) is 3.21. The predicted octanol–water partition coefficient (Wildman–Crippen LogP) is 3.74. The molecule has 2 unspecified atom stereocenters. The first-order chi connectivity index (χ1) is 13.5. The molecule has 2 atom stereocenters. The smallest absolute Gasteiger partial charge is 0.191 e. The van der Waals surface area contributed by atoms with Gasteiger partial charge < -0.3 is 20.2 Å². The molecule has 0 spiro atoms. The van der Waals surface area contributed by atoms with Gasteiger partial charge in [-0.25, -0.2) is 4.99 Å². The summed E-state index contributed by atoms with van der Waals surface area (Å²) in [4.78, 5) is 6.96. The Kier molecular flexibility index (Phi) is 11.3. The third-order valence-electron chi connectivity index (χ3n) is 4.87. The lowest BCUT2D eigenvalue weighted by atomic mass is 9.96. The van der Waals surface area contributed by atoms with Crippen LogP contribution >= 0.6 is 24.0 Å². The highest BCUT2D eigenvalue weighted by molar-refractivity contribution is 14.0. The van der Waals surface area contributed by atoms with E-state index in [0.29, 0.717) is 12.5 Å². The van der Waals surface area contributed by atoms with Crippen molar-refractivity contribution in [2.75, 3.05) is 32.7 Å². The summed E-state index contributed by atoms with van der Waals surface area (Å²) in [5, 5.41) is 17.5. The number of hydrogen-bond acceptors (Lipinski definition) is 4. The van der Waals surface area contributed by atoms with Gasteiger partial charge in [0.25, 0.3) is 0 Å². The zero-order chi connectivity index (χ0) is 20.4. The molecule has 6 nitrogen and oxygen atoms in total. The number of nitrogens with one attached hydrogen (secondary N) is 2. The topological polar surface area (TPSA) is 73.0 Å². The van der Waals surface area contributed by atoms with E-state index < -0.39 is 5.60 Å². The molecule has 0 amide bonds. The van der Waals surface area contributed by atoms with Crippen molar-refractivity contribution in [2.45, 2.75) is 39.3 Å². The number of benzene rings is 1. The lowest BCUT2D eigenvalue weighted by Gasteiger charge is -2.29. The molecule has 2 aromatic rings. The number of nitrogens with zero attached hydrogens (tertiary/aromatic N) is 2. The van der Waals surface area contributed by atoms with Crippen LogP contribution in [0.2, 0.25) is 0 Å². The summed E-state index contributed by atoms with van der Waals surface area (Å²) >= 11 is 0. The normalized spacial score (nSPS) is 14.8. The van der Waals surface area contributed by atoms with E-state index >= 15 is 0 Å². The Bertz CT molecular complexity index is 701. The minimum absolute atomic E-state index is 0. The average molecular weight is 514 g/mol. The molecule has 1 aromatic heterocycles. The highest BCUT2D eigenvalue weighted by atomic mass is 127. The van der Waals surface area contributed by atoms with E-state index in [9.17, 15) is 5.11 Å². The lowest BCUT2D eigenvalue weighted by molar-refractivity contribution is 0.0672. The SMILES string of the molecule is CCNC(=NCC(C)(O)c1ccccc1)NCC(c1ccco1)N(CC)CC.I. The highest BCUT2D eigenvalue weighted by Crippen LogP contribution is 2.21. The van der Waals surface area contributed by atoms with Crippen molar-refractivity contribution >= 4 is 29.9 Å². The van der Waals surface area contributed by atoms with Crippen molar-refractivity contribution < 1.29 is 9.52 Å². The predicted molar refractivity (Wildman–Crippen MR) is 130 cm³/mol. The zero-order valence-electron chi connectivity index (χ0n) is 17.9. The monoisotopic (exact) mass is 514 g/mol. The second-order valence-corrected chi connectivity index (χ2v) is 6.97. The van der Waals surface area contributed by atoms with Crippen LogP contribution in [0.4, 0.5) is 0 Å². The third kappa shape index (κ3) is 7.64. The molecule has 0 saturated heterocycles. The summed E-state index contributed by atoms with van der Waals surface area (Å²) in [6, 6.07) is 13.7. The molecule has 162 valence electrons. The van der Waals surface area contributed by atoms with E-state index in [1.807, 2.05) is 49.4 Å². The fraction of sp³-hybridized carbons (Fsp3) is 0.500. The standard InChI is InChI=1S/C22H34N4O2.HI/c1-5-23-21(25-17-22(4,27)18-12-9-8-10-13-18)24-16-19(26(6-2)7-3)20-14-11-15-28-20;/h8-15,19,27H,5-7,16-17H2,1-4H3,(H2,23,24,25);1H. The summed E-state index contributed by atoms with van der Waals surface area (Å²) in [5.74, 6) is 1.62. The molecule has 7 heteroatoms. The molecule has 0 aliphatic heterocycles. The molecule has 29 heavy (non-hydrogen) atoms. The summed E-state index contributed by atoms with van der Waals surface area (Å²) in [7, 11) is 0. The maximum absolute atomic E-state index is 10.8. The van der Waals surface area contributed by atoms with Crippen LogP contribution in [0.25, 0.3) is 0 Å². The van der Waals surface area contributed by atoms with Crippen LogP contribution in [0.3, 0.4) is 0 Å². The maximum atomic E-state index is 10.8. The molecular formula is C22H35IN4O2. The van der Waals surface area contributed by atoms with Crippen molar-refractivity contribution in [1.82, 2.24) is 15.5 Å². The molecule has 1 aromatic carbocycles. The van der Waals surface area contributed by atoms with E-state index in [1.54, 1.807) is 13.2 Å². The van der Waals surface area contributed by atoms with Gasteiger partial charge in [-0.2, -0.15) is 0 Å². The van der Waals surface area contributed by atoms with Crippen LogP contribution in [-0.4, -0.2) is 48.7 Å². The highest BCUT2D eigenvalue weighted by Gasteiger charge is 2.23. The van der Waals surface area contributed by atoms with Crippen LogP contribution in [0, 0.1) is 0 Å². The van der Waals surface area contributed by atoms with Crippen LogP contribution in [0.5, 0.6) is 0 Å². The average Bonchev–Trinajstić information content (AvgIpc) is 3.24. The Morgan fingerprint density at radius 3 is 2.34 bits per heavy atom. The molecule has 0 fully saturated rings. The Morgan fingerprint density at radius 2 is 1.79 bits per heavy atom. The molecule has 2 rings (SSSR count). The van der Waals surface area contributed by atoms with E-state index in [0.717, 1.165) is 31.0 Å². The molecule has 0 aliphatic rings. The number of halogens is 1. The molecule has 0 radical (unpaired) electrons. The first-order valence-electron chi connectivity index (χ1n) is 10.1. The van der Waals surface area contributed by atoms with Gasteiger partial charge in [0, 0.05) is 13.1 Å².